The van der Waals surface area contributed by atoms with Crippen molar-refractivity contribution in [3.05, 3.63) is 40.3 Å². The first-order chi connectivity index (χ1) is 9.97. The molecule has 0 bridgehead atoms. The number of pyridine rings is 1. The van der Waals surface area contributed by atoms with Crippen molar-refractivity contribution in [1.82, 2.24) is 9.97 Å². The van der Waals surface area contributed by atoms with Gasteiger partial charge in [-0.15, -0.1) is 0 Å². The molecule has 7 heteroatoms. The molecule has 0 fully saturated rings. The number of aromatic amines is 2. The van der Waals surface area contributed by atoms with E-state index in [0.717, 1.165) is 0 Å². The smallest absolute Gasteiger partial charge is 0.337 e. The van der Waals surface area contributed by atoms with E-state index in [1.165, 1.54) is 13.1 Å². The Balaban J connectivity index is 2.42. The number of carbonyl (C=O) groups is 2. The van der Waals surface area contributed by atoms with Gasteiger partial charge in [-0.3, -0.25) is 9.59 Å². The lowest BCUT2D eigenvalue weighted by molar-refractivity contribution is -0.114. The van der Waals surface area contributed by atoms with Crippen molar-refractivity contribution in [2.45, 2.75) is 6.92 Å². The van der Waals surface area contributed by atoms with Crippen LogP contribution in [0, 0.1) is 0 Å². The maximum atomic E-state index is 11.9. The molecule has 4 N–H and O–H groups in total. The van der Waals surface area contributed by atoms with E-state index in [2.05, 4.69) is 15.3 Å². The molecular formula is C14H11N3O4. The van der Waals surface area contributed by atoms with Crippen molar-refractivity contribution in [3.63, 3.8) is 0 Å². The summed E-state index contributed by atoms with van der Waals surface area (Å²) in [5.74, 6) is -1.36. The highest BCUT2D eigenvalue weighted by atomic mass is 16.4. The van der Waals surface area contributed by atoms with Gasteiger partial charge < -0.3 is 20.4 Å². The van der Waals surface area contributed by atoms with Crippen LogP contribution in [0.2, 0.25) is 0 Å². The Morgan fingerprint density at radius 3 is 2.71 bits per heavy atom. The number of nitrogens with one attached hydrogen (secondary N) is 3. The van der Waals surface area contributed by atoms with E-state index in [4.69, 9.17) is 0 Å². The van der Waals surface area contributed by atoms with E-state index in [1.54, 1.807) is 18.2 Å². The van der Waals surface area contributed by atoms with Crippen LogP contribution in [0.5, 0.6) is 0 Å². The molecule has 21 heavy (non-hydrogen) atoms. The number of aromatic carboxylic acids is 1. The van der Waals surface area contributed by atoms with Crippen LogP contribution in [-0.4, -0.2) is 27.0 Å². The van der Waals surface area contributed by atoms with Crippen molar-refractivity contribution >= 4 is 39.4 Å². The number of fused-ring (bicyclic) bond motifs is 3. The van der Waals surface area contributed by atoms with Crippen LogP contribution in [-0.2, 0) is 4.79 Å². The van der Waals surface area contributed by atoms with Crippen molar-refractivity contribution in [2.24, 2.45) is 0 Å². The molecule has 0 aliphatic heterocycles. The maximum Gasteiger partial charge on any atom is 0.337 e. The number of carboxylic acids is 1. The number of carboxylic acid groups (broad SMARTS) is 1. The molecule has 0 atom stereocenters. The van der Waals surface area contributed by atoms with Crippen LogP contribution in [0.25, 0.3) is 21.8 Å². The molecule has 0 saturated heterocycles. The van der Waals surface area contributed by atoms with E-state index in [1.807, 2.05) is 0 Å². The molecule has 2 aromatic heterocycles. The van der Waals surface area contributed by atoms with Gasteiger partial charge >= 0.3 is 5.97 Å². The Hall–Kier alpha value is -3.09. The highest BCUT2D eigenvalue weighted by molar-refractivity contribution is 6.15. The summed E-state index contributed by atoms with van der Waals surface area (Å²) in [4.78, 5) is 39.7. The first kappa shape index (κ1) is 12.9. The zero-order valence-electron chi connectivity index (χ0n) is 11.0. The van der Waals surface area contributed by atoms with Gasteiger partial charge in [-0.2, -0.15) is 0 Å². The topological polar surface area (TPSA) is 115 Å². The Bertz CT molecular complexity index is 952. The molecule has 0 aliphatic carbocycles. The Labute approximate surface area is 117 Å². The molecule has 106 valence electrons. The Kier molecular flexibility index (Phi) is 2.76. The normalized spacial score (nSPS) is 10.9. The van der Waals surface area contributed by atoms with Crippen molar-refractivity contribution in [2.75, 3.05) is 5.32 Å². The number of carbonyl (C=O) groups excluding carboxylic acids is 1. The summed E-state index contributed by atoms with van der Waals surface area (Å²) in [6, 6.07) is 4.90. The lowest BCUT2D eigenvalue weighted by atomic mass is 10.1. The molecule has 1 amide bonds. The molecule has 1 aromatic carbocycles. The largest absolute Gasteiger partial charge is 0.478 e. The van der Waals surface area contributed by atoms with Crippen LogP contribution in [0.4, 0.5) is 5.69 Å². The molecule has 0 spiro atoms. The number of anilines is 1. The molecule has 7 nitrogen and oxygen atoms in total. The fourth-order valence-electron chi connectivity index (χ4n) is 2.38. The number of rotatable bonds is 2. The van der Waals surface area contributed by atoms with Crippen LogP contribution in [0.1, 0.15) is 17.3 Å². The third-order valence-corrected chi connectivity index (χ3v) is 3.20. The molecule has 0 unspecified atom stereocenters. The van der Waals surface area contributed by atoms with Crippen LogP contribution in [0.3, 0.4) is 0 Å². The summed E-state index contributed by atoms with van der Waals surface area (Å²) < 4.78 is 0. The second kappa shape index (κ2) is 4.48. The van der Waals surface area contributed by atoms with Crippen molar-refractivity contribution in [3.8, 4) is 0 Å². The molecule has 0 radical (unpaired) electrons. The summed E-state index contributed by atoms with van der Waals surface area (Å²) >= 11 is 0. The van der Waals surface area contributed by atoms with Gasteiger partial charge in [-0.25, -0.2) is 4.79 Å². The molecule has 3 rings (SSSR count). The van der Waals surface area contributed by atoms with Gasteiger partial charge in [0.2, 0.25) is 5.91 Å². The molecule has 2 heterocycles. The van der Waals surface area contributed by atoms with E-state index in [9.17, 15) is 19.5 Å². The second-order valence-corrected chi connectivity index (χ2v) is 4.65. The third kappa shape index (κ3) is 2.04. The maximum absolute atomic E-state index is 11.9. The van der Waals surface area contributed by atoms with Crippen molar-refractivity contribution in [1.29, 1.82) is 0 Å². The predicted octanol–water partition coefficient (Wildman–Crippen LogP) is 1.67. The molecular weight excluding hydrogens is 274 g/mol. The van der Waals surface area contributed by atoms with Gasteiger partial charge in [-0.05, 0) is 18.2 Å². The Morgan fingerprint density at radius 2 is 2.05 bits per heavy atom. The minimum atomic E-state index is -1.13. The van der Waals surface area contributed by atoms with Gasteiger partial charge in [0.1, 0.15) is 5.52 Å². The van der Waals surface area contributed by atoms with Crippen molar-refractivity contribution < 1.29 is 14.7 Å². The Morgan fingerprint density at radius 1 is 1.29 bits per heavy atom. The fourth-order valence-corrected chi connectivity index (χ4v) is 2.38. The summed E-state index contributed by atoms with van der Waals surface area (Å²) in [6.45, 7) is 1.38. The van der Waals surface area contributed by atoms with Crippen LogP contribution in [0.15, 0.2) is 29.2 Å². The minimum Gasteiger partial charge on any atom is -0.478 e. The monoisotopic (exact) mass is 285 g/mol. The summed E-state index contributed by atoms with van der Waals surface area (Å²) in [7, 11) is 0. The van der Waals surface area contributed by atoms with E-state index in [0.29, 0.717) is 22.0 Å². The first-order valence-electron chi connectivity index (χ1n) is 6.15. The zero-order chi connectivity index (χ0) is 15.1. The standard InChI is InChI=1S/C14H11N3O4/c1-6(18)16-7-2-3-10-8(4-7)11-9(14(20)21)5-15-12(11)13(19)17-10/h2-5,15H,1H3,(H,16,18)(H,17,19)(H,20,21). The quantitative estimate of drug-likeness (QED) is 0.573. The SMILES string of the molecule is CC(=O)Nc1ccc2[nH]c(=O)c3[nH]cc(C(=O)O)c3c2c1. The lowest BCUT2D eigenvalue weighted by Crippen LogP contribution is -2.08. The number of aromatic nitrogens is 2. The minimum absolute atomic E-state index is 0.0149. The summed E-state index contributed by atoms with van der Waals surface area (Å²) in [5, 5.41) is 12.7. The number of hydrogen-bond acceptors (Lipinski definition) is 3. The molecule has 0 aliphatic rings. The van der Waals surface area contributed by atoms with Crippen LogP contribution < -0.4 is 10.9 Å². The van der Waals surface area contributed by atoms with Crippen LogP contribution >= 0.6 is 0 Å². The van der Waals surface area contributed by atoms with Gasteiger partial charge in [-0.1, -0.05) is 0 Å². The average Bonchev–Trinajstić information content (AvgIpc) is 2.84. The summed E-state index contributed by atoms with van der Waals surface area (Å²) in [5.41, 5.74) is 0.850. The molecule has 0 saturated carbocycles. The third-order valence-electron chi connectivity index (χ3n) is 3.20. The number of benzene rings is 1. The van der Waals surface area contributed by atoms with E-state index >= 15 is 0 Å². The second-order valence-electron chi connectivity index (χ2n) is 4.65. The van der Waals surface area contributed by atoms with E-state index < -0.39 is 11.5 Å². The summed E-state index contributed by atoms with van der Waals surface area (Å²) in [6.07, 6.45) is 1.28. The number of H-pyrrole nitrogens is 2. The number of hydrogen-bond donors (Lipinski definition) is 4. The van der Waals surface area contributed by atoms with Gasteiger partial charge in [0.05, 0.1) is 5.56 Å². The van der Waals surface area contributed by atoms with Gasteiger partial charge in [0, 0.05) is 35.1 Å². The predicted molar refractivity (Wildman–Crippen MR) is 77.7 cm³/mol. The first-order valence-corrected chi connectivity index (χ1v) is 6.15. The number of amides is 1. The van der Waals surface area contributed by atoms with E-state index in [-0.39, 0.29) is 17.0 Å². The van der Waals surface area contributed by atoms with Gasteiger partial charge in [0.15, 0.2) is 0 Å². The molecule has 3 aromatic rings. The lowest BCUT2D eigenvalue weighted by Gasteiger charge is -2.06. The average molecular weight is 285 g/mol. The zero-order valence-corrected chi connectivity index (χ0v) is 11.0. The highest BCUT2D eigenvalue weighted by Crippen LogP contribution is 2.27. The fraction of sp³-hybridized carbons (Fsp3) is 0.0714. The van der Waals surface area contributed by atoms with Gasteiger partial charge in [0.25, 0.3) is 5.56 Å². The highest BCUT2D eigenvalue weighted by Gasteiger charge is 2.16.